The molecule has 1 aliphatic carbocycles. The van der Waals surface area contributed by atoms with Gasteiger partial charge in [-0.05, 0) is 31.9 Å². The molecule has 27 heavy (non-hydrogen) atoms. The molecule has 0 unspecified atom stereocenters. The number of nitrogens with one attached hydrogen (secondary N) is 2. The average molecular weight is 395 g/mol. The van der Waals surface area contributed by atoms with Crippen LogP contribution in [0.3, 0.4) is 0 Å². The van der Waals surface area contributed by atoms with Crippen LogP contribution in [0.5, 0.6) is 5.75 Å². The van der Waals surface area contributed by atoms with Gasteiger partial charge in [-0.3, -0.25) is 4.79 Å². The first-order valence-electron chi connectivity index (χ1n) is 9.48. The summed E-state index contributed by atoms with van der Waals surface area (Å²) in [7, 11) is 5.28. The van der Waals surface area contributed by atoms with Crippen LogP contribution in [-0.2, 0) is 11.3 Å². The van der Waals surface area contributed by atoms with E-state index in [9.17, 15) is 4.79 Å². The van der Waals surface area contributed by atoms with E-state index in [1.807, 2.05) is 33.2 Å². The van der Waals surface area contributed by atoms with E-state index in [0.29, 0.717) is 24.1 Å². The molecule has 0 saturated heterocycles. The topological polar surface area (TPSA) is 66.0 Å². The zero-order valence-corrected chi connectivity index (χ0v) is 17.5. The van der Waals surface area contributed by atoms with Crippen LogP contribution < -0.4 is 15.4 Å². The predicted octanol–water partition coefficient (Wildman–Crippen LogP) is 3.05. The van der Waals surface area contributed by atoms with Crippen molar-refractivity contribution in [3.05, 3.63) is 28.8 Å². The maximum absolute atomic E-state index is 12.7. The third kappa shape index (κ3) is 5.51. The molecule has 0 heterocycles. The highest BCUT2D eigenvalue weighted by Gasteiger charge is 2.42. The van der Waals surface area contributed by atoms with Crippen molar-refractivity contribution in [3.8, 4) is 5.75 Å². The quantitative estimate of drug-likeness (QED) is 0.551. The van der Waals surface area contributed by atoms with E-state index in [1.54, 1.807) is 18.1 Å². The van der Waals surface area contributed by atoms with Gasteiger partial charge >= 0.3 is 0 Å². The number of carbonyl (C=O) groups excluding carboxylic acids is 1. The number of nitrogens with zero attached hydrogens (tertiary/aromatic N) is 2. The monoisotopic (exact) mass is 394 g/mol. The van der Waals surface area contributed by atoms with Gasteiger partial charge in [0.1, 0.15) is 5.75 Å². The van der Waals surface area contributed by atoms with Gasteiger partial charge in [0.15, 0.2) is 5.96 Å². The molecule has 0 aliphatic heterocycles. The molecule has 0 atom stereocenters. The molecule has 150 valence electrons. The molecule has 2 rings (SSSR count). The predicted molar refractivity (Wildman–Crippen MR) is 110 cm³/mol. The number of hydrogen-bond donors (Lipinski definition) is 2. The Balaban J connectivity index is 2.10. The van der Waals surface area contributed by atoms with Crippen molar-refractivity contribution < 1.29 is 9.53 Å². The molecule has 1 aromatic rings. The van der Waals surface area contributed by atoms with Crippen LogP contribution in [0.4, 0.5) is 0 Å². The molecule has 0 spiro atoms. The standard InChI is InChI=1S/C20H31ClN4O2/c1-5-22-19(23-13-15-8-9-16(21)12-17(15)27-4)24-14-20(10-6-7-11-20)18(26)25(2)3/h8-9,12H,5-7,10-11,13-14H2,1-4H3,(H2,22,23,24). The van der Waals surface area contributed by atoms with Crippen LogP contribution in [-0.4, -0.2) is 51.1 Å². The summed E-state index contributed by atoms with van der Waals surface area (Å²) in [6.45, 7) is 3.83. The minimum absolute atomic E-state index is 0.197. The van der Waals surface area contributed by atoms with Gasteiger partial charge in [0, 0.05) is 37.8 Å². The van der Waals surface area contributed by atoms with Crippen LogP contribution >= 0.6 is 11.6 Å². The first-order valence-corrected chi connectivity index (χ1v) is 9.86. The summed E-state index contributed by atoms with van der Waals surface area (Å²) in [6, 6.07) is 5.54. The number of hydrogen-bond acceptors (Lipinski definition) is 3. The summed E-state index contributed by atoms with van der Waals surface area (Å²) >= 11 is 6.02. The summed E-state index contributed by atoms with van der Waals surface area (Å²) in [6.07, 6.45) is 4.02. The molecule has 1 aromatic carbocycles. The molecule has 0 radical (unpaired) electrons. The Kier molecular flexibility index (Phi) is 7.78. The minimum Gasteiger partial charge on any atom is -0.496 e. The second-order valence-corrected chi connectivity index (χ2v) is 7.63. The lowest BCUT2D eigenvalue weighted by Crippen LogP contribution is -2.49. The molecule has 1 saturated carbocycles. The van der Waals surface area contributed by atoms with Crippen molar-refractivity contribution in [2.75, 3.05) is 34.3 Å². The van der Waals surface area contributed by atoms with Crippen molar-refractivity contribution in [2.45, 2.75) is 39.2 Å². The molecule has 0 bridgehead atoms. The van der Waals surface area contributed by atoms with Crippen molar-refractivity contribution in [1.29, 1.82) is 0 Å². The van der Waals surface area contributed by atoms with E-state index in [2.05, 4.69) is 15.6 Å². The van der Waals surface area contributed by atoms with E-state index in [4.69, 9.17) is 16.3 Å². The molecule has 0 aromatic heterocycles. The van der Waals surface area contributed by atoms with E-state index in [1.165, 1.54) is 0 Å². The fourth-order valence-electron chi connectivity index (χ4n) is 3.60. The molecular formula is C20H31ClN4O2. The Morgan fingerprint density at radius 2 is 2.00 bits per heavy atom. The van der Waals surface area contributed by atoms with E-state index in [0.717, 1.165) is 43.5 Å². The van der Waals surface area contributed by atoms with Gasteiger partial charge in [0.2, 0.25) is 5.91 Å². The summed E-state index contributed by atoms with van der Waals surface area (Å²) in [5, 5.41) is 7.28. The number of amides is 1. The van der Waals surface area contributed by atoms with Crippen LogP contribution in [0.15, 0.2) is 23.2 Å². The second kappa shape index (κ2) is 9.83. The van der Waals surface area contributed by atoms with E-state index >= 15 is 0 Å². The number of halogens is 1. The number of ether oxygens (including phenoxy) is 1. The van der Waals surface area contributed by atoms with Crippen LogP contribution in [0.25, 0.3) is 0 Å². The zero-order valence-electron chi connectivity index (χ0n) is 16.8. The number of guanidine groups is 1. The highest BCUT2D eigenvalue weighted by atomic mass is 35.5. The molecule has 7 heteroatoms. The average Bonchev–Trinajstić information content (AvgIpc) is 3.14. The fourth-order valence-corrected chi connectivity index (χ4v) is 3.76. The third-order valence-corrected chi connectivity index (χ3v) is 5.25. The van der Waals surface area contributed by atoms with Crippen molar-refractivity contribution in [2.24, 2.45) is 10.4 Å². The number of carbonyl (C=O) groups is 1. The summed E-state index contributed by atoms with van der Waals surface area (Å²) < 4.78 is 5.39. The lowest BCUT2D eigenvalue weighted by atomic mass is 9.84. The highest BCUT2D eigenvalue weighted by molar-refractivity contribution is 6.30. The summed E-state index contributed by atoms with van der Waals surface area (Å²) in [4.78, 5) is 19.1. The van der Waals surface area contributed by atoms with Gasteiger partial charge in [-0.25, -0.2) is 4.99 Å². The molecule has 1 fully saturated rings. The van der Waals surface area contributed by atoms with Crippen LogP contribution in [0.1, 0.15) is 38.2 Å². The minimum atomic E-state index is -0.336. The first kappa shape index (κ1) is 21.4. The lowest BCUT2D eigenvalue weighted by molar-refractivity contribution is -0.138. The fraction of sp³-hybridized carbons (Fsp3) is 0.600. The van der Waals surface area contributed by atoms with Crippen molar-refractivity contribution in [1.82, 2.24) is 15.5 Å². The lowest BCUT2D eigenvalue weighted by Gasteiger charge is -2.31. The van der Waals surface area contributed by atoms with Gasteiger partial charge in [-0.2, -0.15) is 0 Å². The van der Waals surface area contributed by atoms with Crippen molar-refractivity contribution >= 4 is 23.5 Å². The Hall–Kier alpha value is -1.95. The van der Waals surface area contributed by atoms with Gasteiger partial charge < -0.3 is 20.3 Å². The molecular weight excluding hydrogens is 364 g/mol. The summed E-state index contributed by atoms with van der Waals surface area (Å²) in [5.74, 6) is 1.62. The number of methoxy groups -OCH3 is 1. The van der Waals surface area contributed by atoms with Gasteiger partial charge in [-0.15, -0.1) is 0 Å². The van der Waals surface area contributed by atoms with E-state index in [-0.39, 0.29) is 11.3 Å². The van der Waals surface area contributed by atoms with Gasteiger partial charge in [-0.1, -0.05) is 30.5 Å². The van der Waals surface area contributed by atoms with Crippen LogP contribution in [0.2, 0.25) is 5.02 Å². The molecule has 2 N–H and O–H groups in total. The number of benzene rings is 1. The smallest absolute Gasteiger partial charge is 0.230 e. The number of aliphatic imine (C=N–C) groups is 1. The van der Waals surface area contributed by atoms with Crippen LogP contribution in [0, 0.1) is 5.41 Å². The molecule has 1 amide bonds. The molecule has 1 aliphatic rings. The van der Waals surface area contributed by atoms with Gasteiger partial charge in [0.25, 0.3) is 0 Å². The summed E-state index contributed by atoms with van der Waals surface area (Å²) in [5.41, 5.74) is 0.622. The van der Waals surface area contributed by atoms with E-state index < -0.39 is 0 Å². The Bertz CT molecular complexity index is 670. The Morgan fingerprint density at radius 1 is 1.30 bits per heavy atom. The number of rotatable bonds is 7. The highest BCUT2D eigenvalue weighted by Crippen LogP contribution is 2.38. The maximum atomic E-state index is 12.7. The first-order chi connectivity index (χ1) is 12.9. The Morgan fingerprint density at radius 3 is 2.59 bits per heavy atom. The SMILES string of the molecule is CCNC(=NCc1ccc(Cl)cc1OC)NCC1(C(=O)N(C)C)CCCC1. The van der Waals surface area contributed by atoms with Crippen molar-refractivity contribution in [3.63, 3.8) is 0 Å². The van der Waals surface area contributed by atoms with Gasteiger partial charge in [0.05, 0.1) is 19.1 Å². The zero-order chi connectivity index (χ0) is 19.9. The molecule has 6 nitrogen and oxygen atoms in total. The second-order valence-electron chi connectivity index (χ2n) is 7.19. The normalized spacial score (nSPS) is 16.1. The maximum Gasteiger partial charge on any atom is 0.230 e. The third-order valence-electron chi connectivity index (χ3n) is 5.02. The largest absolute Gasteiger partial charge is 0.496 e. The Labute approximate surface area is 167 Å².